The molecule has 1 aromatic heterocycles. The van der Waals surface area contributed by atoms with Gasteiger partial charge in [0.05, 0.1) is 11.9 Å². The monoisotopic (exact) mass is 112 g/mol. The van der Waals surface area contributed by atoms with Crippen LogP contribution in [0.5, 0.6) is 0 Å². The van der Waals surface area contributed by atoms with Crippen molar-refractivity contribution in [1.29, 1.82) is 0 Å². The van der Waals surface area contributed by atoms with E-state index in [1.54, 1.807) is 6.20 Å². The van der Waals surface area contributed by atoms with E-state index in [-0.39, 0.29) is 0 Å². The van der Waals surface area contributed by atoms with Crippen LogP contribution in [0.25, 0.3) is 0 Å². The van der Waals surface area contributed by atoms with Crippen LogP contribution in [-0.4, -0.2) is 12.2 Å². The summed E-state index contributed by atoms with van der Waals surface area (Å²) >= 11 is 0. The maximum atomic E-state index is 4.74. The van der Waals surface area contributed by atoms with Crippen molar-refractivity contribution < 1.29 is 4.52 Å². The van der Waals surface area contributed by atoms with E-state index in [0.717, 1.165) is 11.4 Å². The van der Waals surface area contributed by atoms with Gasteiger partial charge >= 0.3 is 0 Å². The van der Waals surface area contributed by atoms with E-state index in [1.165, 1.54) is 0 Å². The first-order valence-electron chi connectivity index (χ1n) is 2.43. The molecule has 1 aromatic rings. The topological polar surface area (TPSA) is 38.1 Å². The van der Waals surface area contributed by atoms with Gasteiger partial charge in [0.2, 0.25) is 0 Å². The van der Waals surface area contributed by atoms with Crippen LogP contribution in [0, 0.1) is 6.92 Å². The van der Waals surface area contributed by atoms with Gasteiger partial charge in [-0.15, -0.1) is 0 Å². The number of aromatic nitrogens is 1. The van der Waals surface area contributed by atoms with Crippen molar-refractivity contribution in [3.8, 4) is 0 Å². The normalized spacial score (nSPS) is 9.25. The lowest BCUT2D eigenvalue weighted by Gasteiger charge is -1.89. The zero-order valence-corrected chi connectivity index (χ0v) is 4.93. The number of anilines is 1. The minimum Gasteiger partial charge on any atom is -0.384 e. The summed E-state index contributed by atoms with van der Waals surface area (Å²) in [6, 6.07) is 0. The third-order valence-corrected chi connectivity index (χ3v) is 1.02. The van der Waals surface area contributed by atoms with Crippen molar-refractivity contribution in [2.24, 2.45) is 0 Å². The minimum atomic E-state index is 0.826. The number of aryl methyl sites for hydroxylation is 1. The van der Waals surface area contributed by atoms with E-state index < -0.39 is 0 Å². The summed E-state index contributed by atoms with van der Waals surface area (Å²) in [4.78, 5) is 0. The van der Waals surface area contributed by atoms with Crippen molar-refractivity contribution in [1.82, 2.24) is 5.16 Å². The van der Waals surface area contributed by atoms with E-state index >= 15 is 0 Å². The fraction of sp³-hybridized carbons (Fsp3) is 0.400. The second-order valence-corrected chi connectivity index (χ2v) is 1.55. The minimum absolute atomic E-state index is 0.826. The molecular formula is C5H8N2O. The van der Waals surface area contributed by atoms with Gasteiger partial charge in [-0.2, -0.15) is 0 Å². The van der Waals surface area contributed by atoms with Crippen LogP contribution in [0.15, 0.2) is 10.7 Å². The van der Waals surface area contributed by atoms with Crippen LogP contribution < -0.4 is 5.32 Å². The molecule has 0 saturated carbocycles. The number of nitrogens with zero attached hydrogens (tertiary/aromatic N) is 1. The zero-order chi connectivity index (χ0) is 5.98. The standard InChI is InChI=1S/C5H8N2O/c1-4-5(6-2)3-7-8-4/h3,6H,1-2H3. The molecule has 8 heavy (non-hydrogen) atoms. The number of rotatable bonds is 1. The van der Waals surface area contributed by atoms with Gasteiger partial charge in [0.15, 0.2) is 5.76 Å². The highest BCUT2D eigenvalue weighted by molar-refractivity contribution is 5.42. The van der Waals surface area contributed by atoms with E-state index in [0.29, 0.717) is 0 Å². The lowest BCUT2D eigenvalue weighted by Crippen LogP contribution is -1.85. The van der Waals surface area contributed by atoms with Crippen LogP contribution in [-0.2, 0) is 0 Å². The molecule has 0 fully saturated rings. The van der Waals surface area contributed by atoms with Gasteiger partial charge in [-0.25, -0.2) is 0 Å². The van der Waals surface area contributed by atoms with E-state index in [2.05, 4.69) is 10.5 Å². The summed E-state index contributed by atoms with van der Waals surface area (Å²) < 4.78 is 4.74. The molecule has 0 spiro atoms. The molecule has 1 N–H and O–H groups in total. The van der Waals surface area contributed by atoms with Gasteiger partial charge < -0.3 is 9.84 Å². The Kier molecular flexibility index (Phi) is 1.20. The lowest BCUT2D eigenvalue weighted by atomic mass is 10.4. The molecular weight excluding hydrogens is 104 g/mol. The van der Waals surface area contributed by atoms with Crippen molar-refractivity contribution >= 4 is 5.69 Å². The summed E-state index contributed by atoms with van der Waals surface area (Å²) in [7, 11) is 1.83. The SMILES string of the molecule is CNc1cnoc1C. The second-order valence-electron chi connectivity index (χ2n) is 1.55. The van der Waals surface area contributed by atoms with Gasteiger partial charge in [0.25, 0.3) is 0 Å². The third kappa shape index (κ3) is 0.665. The van der Waals surface area contributed by atoms with E-state index in [1.807, 2.05) is 14.0 Å². The van der Waals surface area contributed by atoms with E-state index in [9.17, 15) is 0 Å². The summed E-state index contributed by atoms with van der Waals surface area (Å²) in [6.45, 7) is 1.86. The van der Waals surface area contributed by atoms with Gasteiger partial charge in [-0.05, 0) is 6.92 Å². The maximum absolute atomic E-state index is 4.74. The Morgan fingerprint density at radius 3 is 2.75 bits per heavy atom. The number of hydrogen-bond acceptors (Lipinski definition) is 3. The third-order valence-electron chi connectivity index (χ3n) is 1.02. The molecule has 0 aliphatic rings. The first-order chi connectivity index (χ1) is 3.84. The average molecular weight is 112 g/mol. The Morgan fingerprint density at radius 1 is 1.75 bits per heavy atom. The molecule has 1 rings (SSSR count). The van der Waals surface area contributed by atoms with Gasteiger partial charge in [-0.1, -0.05) is 5.16 Å². The quantitative estimate of drug-likeness (QED) is 0.589. The predicted octanol–water partition coefficient (Wildman–Crippen LogP) is 1.02. The maximum Gasteiger partial charge on any atom is 0.156 e. The Balaban J connectivity index is 2.92. The molecule has 0 atom stereocenters. The largest absolute Gasteiger partial charge is 0.384 e. The highest BCUT2D eigenvalue weighted by atomic mass is 16.5. The van der Waals surface area contributed by atoms with Gasteiger partial charge in [-0.3, -0.25) is 0 Å². The first kappa shape index (κ1) is 5.15. The Bertz CT molecular complexity index is 171. The molecule has 0 radical (unpaired) electrons. The average Bonchev–Trinajstić information content (AvgIpc) is 2.14. The molecule has 0 unspecified atom stereocenters. The molecule has 0 bridgehead atoms. The van der Waals surface area contributed by atoms with Crippen molar-refractivity contribution in [3.05, 3.63) is 12.0 Å². The summed E-state index contributed by atoms with van der Waals surface area (Å²) in [5.41, 5.74) is 0.949. The molecule has 0 aliphatic carbocycles. The fourth-order valence-corrected chi connectivity index (χ4v) is 0.539. The molecule has 0 aliphatic heterocycles. The molecule has 0 saturated heterocycles. The zero-order valence-electron chi connectivity index (χ0n) is 4.93. The number of nitrogens with one attached hydrogen (secondary N) is 1. The summed E-state index contributed by atoms with van der Waals surface area (Å²) in [6.07, 6.45) is 1.65. The second kappa shape index (κ2) is 1.86. The molecule has 1 heterocycles. The van der Waals surface area contributed by atoms with Crippen LogP contribution in [0.4, 0.5) is 5.69 Å². The predicted molar refractivity (Wildman–Crippen MR) is 30.8 cm³/mol. The molecule has 0 aromatic carbocycles. The van der Waals surface area contributed by atoms with Crippen molar-refractivity contribution in [3.63, 3.8) is 0 Å². The van der Waals surface area contributed by atoms with Crippen LogP contribution in [0.1, 0.15) is 5.76 Å². The lowest BCUT2D eigenvalue weighted by molar-refractivity contribution is 0.398. The van der Waals surface area contributed by atoms with Gasteiger partial charge in [0.1, 0.15) is 0 Å². The van der Waals surface area contributed by atoms with Crippen molar-refractivity contribution in [2.75, 3.05) is 12.4 Å². The molecule has 44 valence electrons. The van der Waals surface area contributed by atoms with Crippen LogP contribution in [0.2, 0.25) is 0 Å². The molecule has 3 nitrogen and oxygen atoms in total. The Hall–Kier alpha value is -0.990. The smallest absolute Gasteiger partial charge is 0.156 e. The van der Waals surface area contributed by atoms with Crippen LogP contribution in [0.3, 0.4) is 0 Å². The van der Waals surface area contributed by atoms with Crippen LogP contribution >= 0.6 is 0 Å². The highest BCUT2D eigenvalue weighted by Gasteiger charge is 1.95. The molecule has 0 amide bonds. The van der Waals surface area contributed by atoms with E-state index in [4.69, 9.17) is 4.52 Å². The molecule has 3 heteroatoms. The first-order valence-corrected chi connectivity index (χ1v) is 2.43. The summed E-state index contributed by atoms with van der Waals surface area (Å²) in [5, 5.41) is 6.47. The summed E-state index contributed by atoms with van der Waals surface area (Å²) in [5.74, 6) is 0.826. The Morgan fingerprint density at radius 2 is 2.50 bits per heavy atom. The number of hydrogen-bond donors (Lipinski definition) is 1. The fourth-order valence-electron chi connectivity index (χ4n) is 0.539. The van der Waals surface area contributed by atoms with Gasteiger partial charge in [0, 0.05) is 7.05 Å². The highest BCUT2D eigenvalue weighted by Crippen LogP contribution is 2.09. The Labute approximate surface area is 47.7 Å². The van der Waals surface area contributed by atoms with Crippen molar-refractivity contribution in [2.45, 2.75) is 6.92 Å².